The van der Waals surface area contributed by atoms with Gasteiger partial charge in [-0.2, -0.15) is 0 Å². The predicted octanol–water partition coefficient (Wildman–Crippen LogP) is 4.46. The van der Waals surface area contributed by atoms with E-state index in [-0.39, 0.29) is 0 Å². The third-order valence-electron chi connectivity index (χ3n) is 3.21. The van der Waals surface area contributed by atoms with Gasteiger partial charge in [0.15, 0.2) is 0 Å². The summed E-state index contributed by atoms with van der Waals surface area (Å²) < 4.78 is 1.16. The standard InChI is InChI=1S/C16H22N2S2/c1-4-13-6-8-14(9-7-13)15(17-5-2)11-20-16-18-12(3)10-19-16/h6-10,15,17H,4-5,11H2,1-3H3. The Hall–Kier alpha value is -0.840. The van der Waals surface area contributed by atoms with Crippen LogP contribution in [0.3, 0.4) is 0 Å². The molecular formula is C16H22N2S2. The minimum absolute atomic E-state index is 0.389. The summed E-state index contributed by atoms with van der Waals surface area (Å²) in [5.41, 5.74) is 3.88. The van der Waals surface area contributed by atoms with Crippen molar-refractivity contribution in [1.29, 1.82) is 0 Å². The lowest BCUT2D eigenvalue weighted by Crippen LogP contribution is -2.22. The van der Waals surface area contributed by atoms with Crippen LogP contribution in [-0.2, 0) is 6.42 Å². The number of nitrogens with one attached hydrogen (secondary N) is 1. The van der Waals surface area contributed by atoms with Gasteiger partial charge in [-0.05, 0) is 31.0 Å². The third-order valence-corrected chi connectivity index (χ3v) is 5.44. The maximum Gasteiger partial charge on any atom is 0.150 e. The predicted molar refractivity (Wildman–Crippen MR) is 89.8 cm³/mol. The van der Waals surface area contributed by atoms with E-state index in [2.05, 4.69) is 53.8 Å². The van der Waals surface area contributed by atoms with Crippen molar-refractivity contribution in [2.75, 3.05) is 12.3 Å². The summed E-state index contributed by atoms with van der Waals surface area (Å²) in [5, 5.41) is 5.68. The molecule has 4 heteroatoms. The number of aromatic nitrogens is 1. The van der Waals surface area contributed by atoms with E-state index in [1.165, 1.54) is 11.1 Å². The topological polar surface area (TPSA) is 24.9 Å². The molecule has 0 fully saturated rings. The fourth-order valence-electron chi connectivity index (χ4n) is 2.06. The van der Waals surface area contributed by atoms with E-state index in [1.807, 2.05) is 18.7 Å². The van der Waals surface area contributed by atoms with Crippen LogP contribution in [0, 0.1) is 6.92 Å². The van der Waals surface area contributed by atoms with Crippen LogP contribution in [0.2, 0.25) is 0 Å². The molecule has 0 radical (unpaired) electrons. The molecule has 0 saturated heterocycles. The van der Waals surface area contributed by atoms with E-state index in [0.717, 1.165) is 28.8 Å². The highest BCUT2D eigenvalue weighted by molar-refractivity contribution is 8.01. The van der Waals surface area contributed by atoms with Crippen LogP contribution in [0.1, 0.15) is 36.7 Å². The van der Waals surface area contributed by atoms with E-state index in [9.17, 15) is 0 Å². The first-order chi connectivity index (χ1) is 9.72. The van der Waals surface area contributed by atoms with Gasteiger partial charge in [0, 0.05) is 22.9 Å². The number of thioether (sulfide) groups is 1. The van der Waals surface area contributed by atoms with Gasteiger partial charge < -0.3 is 5.32 Å². The van der Waals surface area contributed by atoms with Crippen LogP contribution in [0.4, 0.5) is 0 Å². The lowest BCUT2D eigenvalue weighted by atomic mass is 10.1. The highest BCUT2D eigenvalue weighted by Gasteiger charge is 2.12. The molecule has 1 heterocycles. The van der Waals surface area contributed by atoms with Crippen molar-refractivity contribution in [3.05, 3.63) is 46.5 Å². The molecule has 1 aromatic carbocycles. The molecular weight excluding hydrogens is 284 g/mol. The molecule has 1 aromatic heterocycles. The Morgan fingerprint density at radius 1 is 1.25 bits per heavy atom. The smallest absolute Gasteiger partial charge is 0.150 e. The van der Waals surface area contributed by atoms with E-state index in [1.54, 1.807) is 11.3 Å². The number of nitrogens with zero attached hydrogens (tertiary/aromatic N) is 1. The lowest BCUT2D eigenvalue weighted by molar-refractivity contribution is 0.606. The maximum atomic E-state index is 4.52. The second kappa shape index (κ2) is 7.81. The van der Waals surface area contributed by atoms with Gasteiger partial charge in [-0.3, -0.25) is 0 Å². The Bertz CT molecular complexity index is 520. The van der Waals surface area contributed by atoms with Crippen molar-refractivity contribution in [2.24, 2.45) is 0 Å². The first-order valence-corrected chi connectivity index (χ1v) is 8.96. The second-order valence-electron chi connectivity index (χ2n) is 4.77. The van der Waals surface area contributed by atoms with E-state index < -0.39 is 0 Å². The number of aryl methyl sites for hydroxylation is 2. The van der Waals surface area contributed by atoms with E-state index in [0.29, 0.717) is 6.04 Å². The molecule has 0 saturated carbocycles. The van der Waals surface area contributed by atoms with Gasteiger partial charge >= 0.3 is 0 Å². The van der Waals surface area contributed by atoms with Gasteiger partial charge in [0.2, 0.25) is 0 Å². The van der Waals surface area contributed by atoms with E-state index in [4.69, 9.17) is 0 Å². The van der Waals surface area contributed by atoms with Crippen LogP contribution < -0.4 is 5.32 Å². The lowest BCUT2D eigenvalue weighted by Gasteiger charge is -2.17. The molecule has 1 unspecified atom stereocenters. The molecule has 0 aliphatic rings. The molecule has 0 aliphatic heterocycles. The van der Waals surface area contributed by atoms with Crippen molar-refractivity contribution in [3.63, 3.8) is 0 Å². The molecule has 1 N–H and O–H groups in total. The number of hydrogen-bond donors (Lipinski definition) is 1. The van der Waals surface area contributed by atoms with Crippen LogP contribution >= 0.6 is 23.1 Å². The summed E-state index contributed by atoms with van der Waals surface area (Å²) in [4.78, 5) is 4.52. The Morgan fingerprint density at radius 3 is 2.55 bits per heavy atom. The quantitative estimate of drug-likeness (QED) is 0.765. The average molecular weight is 307 g/mol. The highest BCUT2D eigenvalue weighted by atomic mass is 32.2. The van der Waals surface area contributed by atoms with E-state index >= 15 is 0 Å². The summed E-state index contributed by atoms with van der Waals surface area (Å²) in [6.07, 6.45) is 1.10. The fourth-order valence-corrected chi connectivity index (χ4v) is 4.03. The third kappa shape index (κ3) is 4.33. The molecule has 0 bridgehead atoms. The fraction of sp³-hybridized carbons (Fsp3) is 0.438. The summed E-state index contributed by atoms with van der Waals surface area (Å²) in [7, 11) is 0. The van der Waals surface area contributed by atoms with Gasteiger partial charge in [-0.25, -0.2) is 4.98 Å². The van der Waals surface area contributed by atoms with Gasteiger partial charge in [0.05, 0.1) is 0 Å². The summed E-state index contributed by atoms with van der Waals surface area (Å²) in [6.45, 7) is 7.38. The molecule has 0 spiro atoms. The number of hydrogen-bond acceptors (Lipinski definition) is 4. The Kier molecular flexibility index (Phi) is 6.07. The minimum Gasteiger partial charge on any atom is -0.309 e. The molecule has 108 valence electrons. The zero-order chi connectivity index (χ0) is 14.4. The zero-order valence-electron chi connectivity index (χ0n) is 12.3. The average Bonchev–Trinajstić information content (AvgIpc) is 2.89. The number of thiazole rings is 1. The molecule has 0 aliphatic carbocycles. The first kappa shape index (κ1) is 15.5. The van der Waals surface area contributed by atoms with Crippen molar-refractivity contribution in [3.8, 4) is 0 Å². The van der Waals surface area contributed by atoms with Crippen molar-refractivity contribution < 1.29 is 0 Å². The Labute approximate surface area is 130 Å². The van der Waals surface area contributed by atoms with Crippen molar-refractivity contribution in [1.82, 2.24) is 10.3 Å². The summed E-state index contributed by atoms with van der Waals surface area (Å²) >= 11 is 3.57. The van der Waals surface area contributed by atoms with Gasteiger partial charge in [-0.15, -0.1) is 11.3 Å². The second-order valence-corrected chi connectivity index (χ2v) is 6.90. The number of rotatable bonds is 7. The molecule has 20 heavy (non-hydrogen) atoms. The van der Waals surface area contributed by atoms with Gasteiger partial charge in [0.1, 0.15) is 4.34 Å². The first-order valence-electron chi connectivity index (χ1n) is 7.10. The highest BCUT2D eigenvalue weighted by Crippen LogP contribution is 2.27. The Balaban J connectivity index is 2.01. The number of benzene rings is 1. The maximum absolute atomic E-state index is 4.52. The Morgan fingerprint density at radius 2 is 2.00 bits per heavy atom. The minimum atomic E-state index is 0.389. The molecule has 2 aromatic rings. The molecule has 1 atom stereocenters. The van der Waals surface area contributed by atoms with Gasteiger partial charge in [0.25, 0.3) is 0 Å². The summed E-state index contributed by atoms with van der Waals surface area (Å²) in [5.74, 6) is 1.02. The zero-order valence-corrected chi connectivity index (χ0v) is 14.0. The monoisotopic (exact) mass is 306 g/mol. The molecule has 2 rings (SSSR count). The van der Waals surface area contributed by atoms with Crippen molar-refractivity contribution >= 4 is 23.1 Å². The van der Waals surface area contributed by atoms with Crippen molar-refractivity contribution in [2.45, 2.75) is 37.6 Å². The molecule has 0 amide bonds. The summed E-state index contributed by atoms with van der Waals surface area (Å²) in [6, 6.07) is 9.36. The normalized spacial score (nSPS) is 12.6. The van der Waals surface area contributed by atoms with Crippen LogP contribution in [-0.4, -0.2) is 17.3 Å². The SMILES string of the molecule is CCNC(CSc1nc(C)cs1)c1ccc(CC)cc1. The molecule has 2 nitrogen and oxygen atoms in total. The van der Waals surface area contributed by atoms with Crippen LogP contribution in [0.5, 0.6) is 0 Å². The van der Waals surface area contributed by atoms with Crippen LogP contribution in [0.25, 0.3) is 0 Å². The van der Waals surface area contributed by atoms with Crippen LogP contribution in [0.15, 0.2) is 34.0 Å². The van der Waals surface area contributed by atoms with Gasteiger partial charge in [-0.1, -0.05) is 49.9 Å². The largest absolute Gasteiger partial charge is 0.309 e.